The molecule has 1 amide bonds. The van der Waals surface area contributed by atoms with Crippen LogP contribution in [0, 0.1) is 35.5 Å². The van der Waals surface area contributed by atoms with Crippen LogP contribution >= 0.6 is 11.3 Å². The Morgan fingerprint density at radius 1 is 1.30 bits per heavy atom. The van der Waals surface area contributed by atoms with E-state index in [0.717, 1.165) is 57.8 Å². The Labute approximate surface area is 163 Å². The van der Waals surface area contributed by atoms with Crippen molar-refractivity contribution in [3.63, 3.8) is 0 Å². The number of benzene rings is 1. The van der Waals surface area contributed by atoms with Gasteiger partial charge in [0.25, 0.3) is 5.91 Å². The van der Waals surface area contributed by atoms with Crippen LogP contribution in [0.15, 0.2) is 23.2 Å². The molecule has 140 valence electrons. The zero-order valence-electron chi connectivity index (χ0n) is 15.6. The van der Waals surface area contributed by atoms with Gasteiger partial charge in [0.2, 0.25) is 0 Å². The second-order valence-corrected chi connectivity index (χ2v) is 9.63. The summed E-state index contributed by atoms with van der Waals surface area (Å²) in [6.45, 7) is 0.416. The van der Waals surface area contributed by atoms with Crippen LogP contribution in [0.5, 0.6) is 5.75 Å². The van der Waals surface area contributed by atoms with Gasteiger partial charge in [0, 0.05) is 0 Å². The van der Waals surface area contributed by atoms with Crippen LogP contribution in [0.3, 0.4) is 0 Å². The van der Waals surface area contributed by atoms with Crippen LogP contribution < -0.4 is 9.54 Å². The van der Waals surface area contributed by atoms with E-state index >= 15 is 0 Å². The van der Waals surface area contributed by atoms with Crippen molar-refractivity contribution in [2.75, 3.05) is 7.11 Å². The van der Waals surface area contributed by atoms with Crippen molar-refractivity contribution < 1.29 is 9.53 Å². The number of ether oxygens (including phenoxy) is 1. The second-order valence-electron chi connectivity index (χ2n) is 8.62. The van der Waals surface area contributed by atoms with Crippen LogP contribution in [-0.4, -0.2) is 17.6 Å². The summed E-state index contributed by atoms with van der Waals surface area (Å²) in [5, 5.41) is 0. The van der Waals surface area contributed by atoms with Crippen LogP contribution in [-0.2, 0) is 11.3 Å². The van der Waals surface area contributed by atoms with Gasteiger partial charge < -0.3 is 9.30 Å². The highest BCUT2D eigenvalue weighted by Crippen LogP contribution is 2.60. The minimum absolute atomic E-state index is 0.0888. The summed E-state index contributed by atoms with van der Waals surface area (Å²) in [5.41, 5.74) is 0.798. The van der Waals surface area contributed by atoms with E-state index in [4.69, 9.17) is 11.2 Å². The van der Waals surface area contributed by atoms with Crippen molar-refractivity contribution in [3.05, 3.63) is 23.0 Å². The molecule has 5 heteroatoms. The van der Waals surface area contributed by atoms with Crippen molar-refractivity contribution in [1.29, 1.82) is 0 Å². The van der Waals surface area contributed by atoms with Crippen LogP contribution in [0.2, 0.25) is 0 Å². The maximum atomic E-state index is 13.4. The molecule has 4 nitrogen and oxygen atoms in total. The number of hydrogen-bond acceptors (Lipinski definition) is 3. The number of hydrogen-bond donors (Lipinski definition) is 0. The lowest BCUT2D eigenvalue weighted by molar-refractivity contribution is -0.142. The van der Waals surface area contributed by atoms with Crippen molar-refractivity contribution in [1.82, 2.24) is 4.57 Å². The number of carbonyl (C=O) groups is 1. The fraction of sp³-hybridized carbons (Fsp3) is 0.545. The zero-order chi connectivity index (χ0) is 18.6. The molecule has 0 atom stereocenters. The Kier molecular flexibility index (Phi) is 3.94. The van der Waals surface area contributed by atoms with Crippen molar-refractivity contribution in [3.8, 4) is 18.1 Å². The van der Waals surface area contributed by atoms with Crippen molar-refractivity contribution in [2.24, 2.45) is 28.2 Å². The number of rotatable bonds is 3. The predicted octanol–water partition coefficient (Wildman–Crippen LogP) is 3.99. The minimum atomic E-state index is -0.212. The SMILES string of the molecule is C#CCn1c(=NC(=O)C23CC4CC(CC(C4)C2)C3)sc2cc(OC)ccc21. The lowest BCUT2D eigenvalue weighted by Crippen LogP contribution is -2.49. The number of thiazole rings is 1. The molecule has 4 bridgehead atoms. The van der Waals surface area contributed by atoms with E-state index < -0.39 is 0 Å². The molecule has 4 fully saturated rings. The molecule has 4 saturated carbocycles. The number of nitrogens with zero attached hydrogens (tertiary/aromatic N) is 2. The molecule has 0 N–H and O–H groups in total. The number of carbonyl (C=O) groups excluding carboxylic acids is 1. The van der Waals surface area contributed by atoms with E-state index in [9.17, 15) is 4.79 Å². The molecule has 2 aromatic rings. The molecule has 4 aliphatic carbocycles. The molecule has 1 heterocycles. The van der Waals surface area contributed by atoms with E-state index in [1.807, 2.05) is 22.8 Å². The number of methoxy groups -OCH3 is 1. The Hall–Kier alpha value is -2.06. The number of amides is 1. The highest BCUT2D eigenvalue weighted by Gasteiger charge is 2.54. The fourth-order valence-electron chi connectivity index (χ4n) is 6.09. The first kappa shape index (κ1) is 17.1. The summed E-state index contributed by atoms with van der Waals surface area (Å²) >= 11 is 1.53. The van der Waals surface area contributed by atoms with Gasteiger partial charge in [-0.3, -0.25) is 4.79 Å². The van der Waals surface area contributed by atoms with Gasteiger partial charge in [-0.05, 0) is 74.5 Å². The van der Waals surface area contributed by atoms with Gasteiger partial charge in [-0.15, -0.1) is 6.42 Å². The summed E-state index contributed by atoms with van der Waals surface area (Å²) in [4.78, 5) is 18.8. The molecule has 0 unspecified atom stereocenters. The van der Waals surface area contributed by atoms with Crippen molar-refractivity contribution >= 4 is 27.5 Å². The van der Waals surface area contributed by atoms with Gasteiger partial charge in [-0.2, -0.15) is 4.99 Å². The van der Waals surface area contributed by atoms with E-state index in [-0.39, 0.29) is 11.3 Å². The normalized spacial score (nSPS) is 32.0. The van der Waals surface area contributed by atoms with Crippen LogP contribution in [0.25, 0.3) is 10.2 Å². The summed E-state index contributed by atoms with van der Waals surface area (Å²) in [5.74, 6) is 5.81. The van der Waals surface area contributed by atoms with E-state index in [1.165, 1.54) is 30.6 Å². The maximum Gasteiger partial charge on any atom is 0.254 e. The number of aromatic nitrogens is 1. The first-order valence-corrected chi connectivity index (χ1v) is 10.6. The fourth-order valence-corrected chi connectivity index (χ4v) is 7.14. The highest BCUT2D eigenvalue weighted by molar-refractivity contribution is 7.16. The van der Waals surface area contributed by atoms with Crippen molar-refractivity contribution in [2.45, 2.75) is 45.1 Å². The van der Waals surface area contributed by atoms with E-state index in [0.29, 0.717) is 6.54 Å². The molecular formula is C22H24N2O2S. The third-order valence-electron chi connectivity index (χ3n) is 6.83. The Balaban J connectivity index is 1.58. The number of terminal acetylenes is 1. The summed E-state index contributed by atoms with van der Waals surface area (Å²) < 4.78 is 8.36. The topological polar surface area (TPSA) is 43.6 Å². The largest absolute Gasteiger partial charge is 0.497 e. The Morgan fingerprint density at radius 3 is 2.56 bits per heavy atom. The molecule has 1 aromatic heterocycles. The molecule has 0 saturated heterocycles. The van der Waals surface area contributed by atoms with Crippen LogP contribution in [0.1, 0.15) is 38.5 Å². The minimum Gasteiger partial charge on any atom is -0.497 e. The average Bonchev–Trinajstić information content (AvgIpc) is 2.97. The van der Waals surface area contributed by atoms with E-state index in [2.05, 4.69) is 10.9 Å². The smallest absolute Gasteiger partial charge is 0.254 e. The lowest BCUT2D eigenvalue weighted by Gasteiger charge is -2.55. The van der Waals surface area contributed by atoms with Gasteiger partial charge in [0.15, 0.2) is 4.80 Å². The lowest BCUT2D eigenvalue weighted by atomic mass is 9.49. The zero-order valence-corrected chi connectivity index (χ0v) is 16.4. The van der Waals surface area contributed by atoms with E-state index in [1.54, 1.807) is 7.11 Å². The molecule has 6 rings (SSSR count). The first-order valence-electron chi connectivity index (χ1n) is 9.80. The Morgan fingerprint density at radius 2 is 1.96 bits per heavy atom. The molecule has 4 aliphatic rings. The van der Waals surface area contributed by atoms with Crippen LogP contribution in [0.4, 0.5) is 0 Å². The monoisotopic (exact) mass is 380 g/mol. The quantitative estimate of drug-likeness (QED) is 0.756. The highest BCUT2D eigenvalue weighted by atomic mass is 32.1. The summed E-state index contributed by atoms with van der Waals surface area (Å²) in [6.07, 6.45) is 12.7. The van der Waals surface area contributed by atoms with Gasteiger partial charge >= 0.3 is 0 Å². The second kappa shape index (κ2) is 6.24. The molecule has 0 aliphatic heterocycles. The maximum absolute atomic E-state index is 13.4. The Bertz CT molecular complexity index is 988. The molecule has 27 heavy (non-hydrogen) atoms. The van der Waals surface area contributed by atoms with Gasteiger partial charge in [0.05, 0.1) is 29.3 Å². The first-order chi connectivity index (χ1) is 13.1. The summed E-state index contributed by atoms with van der Waals surface area (Å²) in [6, 6.07) is 5.91. The standard InChI is InChI=1S/C22H24N2O2S/c1-3-6-24-18-5-4-17(26-2)10-19(18)27-21(24)23-20(25)22-11-14-7-15(12-22)9-16(8-14)13-22/h1,4-5,10,14-16H,6-9,11-13H2,2H3. The van der Waals surface area contributed by atoms with Gasteiger partial charge in [-0.25, -0.2) is 0 Å². The predicted molar refractivity (Wildman–Crippen MR) is 106 cm³/mol. The third kappa shape index (κ3) is 2.73. The molecule has 1 aromatic carbocycles. The number of fused-ring (bicyclic) bond motifs is 1. The van der Waals surface area contributed by atoms with Gasteiger partial charge in [-0.1, -0.05) is 17.3 Å². The third-order valence-corrected chi connectivity index (χ3v) is 7.87. The van der Waals surface area contributed by atoms with Gasteiger partial charge in [0.1, 0.15) is 5.75 Å². The molecule has 0 spiro atoms. The average molecular weight is 381 g/mol. The molecular weight excluding hydrogens is 356 g/mol. The summed E-state index contributed by atoms with van der Waals surface area (Å²) in [7, 11) is 1.66. The molecule has 0 radical (unpaired) electrons.